The van der Waals surface area contributed by atoms with Gasteiger partial charge in [0.1, 0.15) is 5.82 Å². The molecule has 2 unspecified atom stereocenters. The Morgan fingerprint density at radius 2 is 2.19 bits per heavy atom. The van der Waals surface area contributed by atoms with Crippen LogP contribution in [0, 0.1) is 5.82 Å². The van der Waals surface area contributed by atoms with E-state index in [0.717, 1.165) is 4.88 Å². The predicted molar refractivity (Wildman–Crippen MR) is 81.9 cm³/mol. The highest BCUT2D eigenvalue weighted by atomic mass is 35.5. The van der Waals surface area contributed by atoms with E-state index in [0.29, 0.717) is 9.90 Å². The molecule has 1 aromatic carbocycles. The number of halogens is 2. The Hall–Kier alpha value is -1.43. The lowest BCUT2D eigenvalue weighted by Crippen LogP contribution is -2.27. The second-order valence-electron chi connectivity index (χ2n) is 4.71. The van der Waals surface area contributed by atoms with Gasteiger partial charge in [-0.05, 0) is 36.8 Å². The number of carbonyl (C=O) groups is 1. The molecular weight excluding hydrogens is 313 g/mol. The molecule has 1 amide bonds. The number of benzene rings is 1. The van der Waals surface area contributed by atoms with E-state index in [2.05, 4.69) is 5.32 Å². The molecule has 112 valence electrons. The Labute approximate surface area is 131 Å². The lowest BCUT2D eigenvalue weighted by Gasteiger charge is -2.15. The highest BCUT2D eigenvalue weighted by molar-refractivity contribution is 7.16. The number of aliphatic hydroxyl groups excluding tert-OH is 1. The van der Waals surface area contributed by atoms with Gasteiger partial charge in [-0.25, -0.2) is 4.39 Å². The molecule has 2 atom stereocenters. The first-order valence-electron chi connectivity index (χ1n) is 6.44. The molecule has 3 nitrogen and oxygen atoms in total. The fourth-order valence-electron chi connectivity index (χ4n) is 1.94. The average molecular weight is 328 g/mol. The molecule has 0 saturated carbocycles. The fourth-order valence-corrected chi connectivity index (χ4v) is 3.00. The number of amides is 1. The van der Waals surface area contributed by atoms with Crippen LogP contribution in [-0.2, 0) is 4.79 Å². The van der Waals surface area contributed by atoms with Crippen molar-refractivity contribution in [3.8, 4) is 0 Å². The minimum Gasteiger partial charge on any atom is -0.388 e. The molecule has 0 bridgehead atoms. The summed E-state index contributed by atoms with van der Waals surface area (Å²) in [5.74, 6) is -0.739. The number of hydrogen-bond acceptors (Lipinski definition) is 3. The van der Waals surface area contributed by atoms with Crippen LogP contribution in [0.5, 0.6) is 0 Å². The largest absolute Gasteiger partial charge is 0.388 e. The number of rotatable bonds is 5. The first-order chi connectivity index (χ1) is 9.95. The summed E-state index contributed by atoms with van der Waals surface area (Å²) in [6.07, 6.45) is -1.15. The lowest BCUT2D eigenvalue weighted by molar-refractivity contribution is -0.123. The molecule has 1 heterocycles. The SMILES string of the molecule is CC(NC(=O)CC(O)c1cccc(F)c1)c1ccc(Cl)s1. The molecule has 0 aliphatic heterocycles. The van der Waals surface area contributed by atoms with Crippen molar-refractivity contribution in [1.29, 1.82) is 0 Å². The first kappa shape index (κ1) is 15.9. The summed E-state index contributed by atoms with van der Waals surface area (Å²) in [5.41, 5.74) is 0.386. The van der Waals surface area contributed by atoms with Gasteiger partial charge >= 0.3 is 0 Å². The topological polar surface area (TPSA) is 49.3 Å². The van der Waals surface area contributed by atoms with E-state index in [9.17, 15) is 14.3 Å². The highest BCUT2D eigenvalue weighted by Crippen LogP contribution is 2.27. The van der Waals surface area contributed by atoms with Crippen LogP contribution >= 0.6 is 22.9 Å². The van der Waals surface area contributed by atoms with Crippen LogP contribution in [-0.4, -0.2) is 11.0 Å². The van der Waals surface area contributed by atoms with E-state index in [1.807, 2.05) is 13.0 Å². The summed E-state index contributed by atoms with van der Waals surface area (Å²) in [4.78, 5) is 12.8. The van der Waals surface area contributed by atoms with E-state index >= 15 is 0 Å². The third-order valence-electron chi connectivity index (χ3n) is 3.01. The summed E-state index contributed by atoms with van der Waals surface area (Å²) >= 11 is 7.24. The van der Waals surface area contributed by atoms with Gasteiger partial charge in [0, 0.05) is 4.88 Å². The van der Waals surface area contributed by atoms with Crippen LogP contribution < -0.4 is 5.32 Å². The molecule has 2 N–H and O–H groups in total. The quantitative estimate of drug-likeness (QED) is 0.876. The summed E-state index contributed by atoms with van der Waals surface area (Å²) in [5, 5.41) is 12.7. The zero-order valence-corrected chi connectivity index (χ0v) is 12.9. The van der Waals surface area contributed by atoms with Gasteiger partial charge in [-0.3, -0.25) is 4.79 Å². The fraction of sp³-hybridized carbons (Fsp3) is 0.267. The smallest absolute Gasteiger partial charge is 0.223 e. The van der Waals surface area contributed by atoms with Gasteiger partial charge in [-0.15, -0.1) is 11.3 Å². The molecule has 21 heavy (non-hydrogen) atoms. The second kappa shape index (κ2) is 7.02. The lowest BCUT2D eigenvalue weighted by atomic mass is 10.1. The van der Waals surface area contributed by atoms with Gasteiger partial charge < -0.3 is 10.4 Å². The summed E-state index contributed by atoms with van der Waals surface area (Å²) in [6, 6.07) is 9.03. The van der Waals surface area contributed by atoms with Crippen molar-refractivity contribution in [2.45, 2.75) is 25.5 Å². The minimum absolute atomic E-state index is 0.118. The zero-order valence-electron chi connectivity index (χ0n) is 11.3. The molecule has 6 heteroatoms. The normalized spacial score (nSPS) is 13.7. The van der Waals surface area contributed by atoms with Crippen molar-refractivity contribution >= 4 is 28.8 Å². The maximum Gasteiger partial charge on any atom is 0.223 e. The molecular formula is C15H15ClFNO2S. The van der Waals surface area contributed by atoms with Gasteiger partial charge in [0.15, 0.2) is 0 Å². The van der Waals surface area contributed by atoms with Crippen LogP contribution in [0.15, 0.2) is 36.4 Å². The molecule has 0 aliphatic rings. The third-order valence-corrected chi connectivity index (χ3v) is 4.42. The molecule has 0 fully saturated rings. The number of hydrogen-bond donors (Lipinski definition) is 2. The molecule has 0 spiro atoms. The van der Waals surface area contributed by atoms with E-state index in [4.69, 9.17) is 11.6 Å². The zero-order chi connectivity index (χ0) is 15.4. The Balaban J connectivity index is 1.92. The molecule has 0 saturated heterocycles. The standard InChI is InChI=1S/C15H15ClFNO2S/c1-9(13-5-6-14(16)21-13)18-15(20)8-12(19)10-3-2-4-11(17)7-10/h2-7,9,12,19H,8H2,1H3,(H,18,20). The van der Waals surface area contributed by atoms with Crippen LogP contribution in [0.4, 0.5) is 4.39 Å². The van der Waals surface area contributed by atoms with Gasteiger partial charge in [-0.2, -0.15) is 0 Å². The Morgan fingerprint density at radius 3 is 2.81 bits per heavy atom. The highest BCUT2D eigenvalue weighted by Gasteiger charge is 2.16. The predicted octanol–water partition coefficient (Wildman–Crippen LogP) is 3.84. The molecule has 2 aromatic rings. The summed E-state index contributed by atoms with van der Waals surface area (Å²) in [7, 11) is 0. The summed E-state index contributed by atoms with van der Waals surface area (Å²) < 4.78 is 13.7. The van der Waals surface area contributed by atoms with Crippen molar-refractivity contribution in [3.05, 3.63) is 57.0 Å². The molecule has 2 rings (SSSR count). The maximum atomic E-state index is 13.1. The van der Waals surface area contributed by atoms with E-state index in [1.54, 1.807) is 12.1 Å². The molecule has 0 aliphatic carbocycles. The average Bonchev–Trinajstić information content (AvgIpc) is 2.85. The Kier molecular flexibility index (Phi) is 5.33. The maximum absolute atomic E-state index is 13.1. The number of aliphatic hydroxyl groups is 1. The van der Waals surface area contributed by atoms with Crippen LogP contribution in [0.25, 0.3) is 0 Å². The summed E-state index contributed by atoms with van der Waals surface area (Å²) in [6.45, 7) is 1.84. The van der Waals surface area contributed by atoms with Crippen LogP contribution in [0.3, 0.4) is 0 Å². The number of thiophene rings is 1. The first-order valence-corrected chi connectivity index (χ1v) is 7.63. The van der Waals surface area contributed by atoms with Crippen molar-refractivity contribution in [3.63, 3.8) is 0 Å². The third kappa shape index (κ3) is 4.52. The van der Waals surface area contributed by atoms with Crippen LogP contribution in [0.2, 0.25) is 4.34 Å². The van der Waals surface area contributed by atoms with Gasteiger partial charge in [0.2, 0.25) is 5.91 Å². The second-order valence-corrected chi connectivity index (χ2v) is 6.45. The Bertz CT molecular complexity index is 632. The Morgan fingerprint density at radius 1 is 1.43 bits per heavy atom. The van der Waals surface area contributed by atoms with Crippen molar-refractivity contribution in [1.82, 2.24) is 5.32 Å². The van der Waals surface area contributed by atoms with Gasteiger partial charge in [-0.1, -0.05) is 23.7 Å². The van der Waals surface area contributed by atoms with Gasteiger partial charge in [0.25, 0.3) is 0 Å². The molecule has 1 aromatic heterocycles. The van der Waals surface area contributed by atoms with E-state index < -0.39 is 11.9 Å². The van der Waals surface area contributed by atoms with Crippen LogP contribution in [0.1, 0.15) is 35.9 Å². The number of nitrogens with one attached hydrogen (secondary N) is 1. The monoisotopic (exact) mass is 327 g/mol. The minimum atomic E-state index is -1.03. The van der Waals surface area contributed by atoms with Crippen molar-refractivity contribution in [2.75, 3.05) is 0 Å². The number of carbonyl (C=O) groups excluding carboxylic acids is 1. The van der Waals surface area contributed by atoms with Crippen molar-refractivity contribution in [2.24, 2.45) is 0 Å². The van der Waals surface area contributed by atoms with E-state index in [1.165, 1.54) is 29.5 Å². The molecule has 0 radical (unpaired) electrons. The van der Waals surface area contributed by atoms with Gasteiger partial charge in [0.05, 0.1) is 22.9 Å². The van der Waals surface area contributed by atoms with Crippen molar-refractivity contribution < 1.29 is 14.3 Å². The van der Waals surface area contributed by atoms with E-state index in [-0.39, 0.29) is 18.4 Å².